The van der Waals surface area contributed by atoms with Crippen molar-refractivity contribution in [1.82, 2.24) is 19.4 Å². The second-order valence-electron chi connectivity index (χ2n) is 5.67. The van der Waals surface area contributed by atoms with Crippen molar-refractivity contribution in [3.05, 3.63) is 34.8 Å². The Morgan fingerprint density at radius 2 is 2.32 bits per heavy atom. The second-order valence-corrected chi connectivity index (χ2v) is 6.65. The highest BCUT2D eigenvalue weighted by Gasteiger charge is 2.25. The summed E-state index contributed by atoms with van der Waals surface area (Å²) in [6, 6.07) is 0.370. The van der Waals surface area contributed by atoms with Crippen LogP contribution in [-0.4, -0.2) is 38.4 Å². The van der Waals surface area contributed by atoms with Crippen LogP contribution in [0.15, 0.2) is 24.0 Å². The normalized spacial score (nSPS) is 18.6. The predicted octanol–water partition coefficient (Wildman–Crippen LogP) is 2.70. The number of piperidine rings is 1. The molecule has 22 heavy (non-hydrogen) atoms. The van der Waals surface area contributed by atoms with E-state index in [1.54, 1.807) is 17.5 Å². The van der Waals surface area contributed by atoms with Gasteiger partial charge in [0.15, 0.2) is 0 Å². The minimum atomic E-state index is 0.248. The summed E-state index contributed by atoms with van der Waals surface area (Å²) in [7, 11) is 0. The fraction of sp³-hybridized carbons (Fsp3) is 0.562. The first kappa shape index (κ1) is 15.2. The molecule has 6 heteroatoms. The maximum Gasteiger partial charge on any atom is 0.223 e. The molecule has 0 radical (unpaired) electrons. The molecule has 0 N–H and O–H groups in total. The van der Waals surface area contributed by atoms with Crippen molar-refractivity contribution in [1.29, 1.82) is 0 Å². The highest BCUT2D eigenvalue weighted by Crippen LogP contribution is 2.23. The van der Waals surface area contributed by atoms with E-state index in [0.717, 1.165) is 49.6 Å². The van der Waals surface area contributed by atoms with Crippen molar-refractivity contribution in [2.24, 2.45) is 0 Å². The van der Waals surface area contributed by atoms with Gasteiger partial charge >= 0.3 is 0 Å². The first-order valence-electron chi connectivity index (χ1n) is 7.95. The topological polar surface area (TPSA) is 51.0 Å². The minimum Gasteiger partial charge on any atom is -0.341 e. The Morgan fingerprint density at radius 3 is 3.09 bits per heavy atom. The van der Waals surface area contributed by atoms with E-state index in [0.29, 0.717) is 12.5 Å². The molecule has 0 bridgehead atoms. The summed E-state index contributed by atoms with van der Waals surface area (Å²) in [5.41, 5.74) is 0. The molecule has 1 atom stereocenters. The SMILES string of the molecule is CCc1nccn1[C@@H]1CCCN(C(=O)CCc2nccs2)C1. The maximum atomic E-state index is 12.4. The first-order chi connectivity index (χ1) is 10.8. The van der Waals surface area contributed by atoms with Crippen LogP contribution in [0, 0.1) is 0 Å². The lowest BCUT2D eigenvalue weighted by Gasteiger charge is -2.34. The molecule has 2 aromatic heterocycles. The third-order valence-electron chi connectivity index (χ3n) is 4.24. The highest BCUT2D eigenvalue weighted by atomic mass is 32.1. The van der Waals surface area contributed by atoms with Gasteiger partial charge < -0.3 is 9.47 Å². The molecular weight excluding hydrogens is 296 g/mol. The van der Waals surface area contributed by atoms with E-state index in [4.69, 9.17) is 0 Å². The fourth-order valence-corrected chi connectivity index (χ4v) is 3.73. The Hall–Kier alpha value is -1.69. The largest absolute Gasteiger partial charge is 0.341 e. The number of aryl methyl sites for hydroxylation is 2. The summed E-state index contributed by atoms with van der Waals surface area (Å²) in [4.78, 5) is 23.1. The van der Waals surface area contributed by atoms with E-state index in [2.05, 4.69) is 21.5 Å². The standard InChI is InChI=1S/C16H22N4OS/c1-2-14-17-7-10-20(14)13-4-3-9-19(12-13)16(21)6-5-15-18-8-11-22-15/h7-8,10-11,13H,2-6,9,12H2,1H3/t13-/m1/s1. The van der Waals surface area contributed by atoms with E-state index in [9.17, 15) is 4.79 Å². The van der Waals surface area contributed by atoms with Crippen LogP contribution < -0.4 is 0 Å². The lowest BCUT2D eigenvalue weighted by atomic mass is 10.0. The van der Waals surface area contributed by atoms with E-state index in [1.807, 2.05) is 22.7 Å². The number of rotatable bonds is 5. The van der Waals surface area contributed by atoms with Crippen LogP contribution in [0.2, 0.25) is 0 Å². The molecule has 0 saturated carbocycles. The van der Waals surface area contributed by atoms with Crippen molar-refractivity contribution in [2.75, 3.05) is 13.1 Å². The number of carbonyl (C=O) groups excluding carboxylic acids is 1. The smallest absolute Gasteiger partial charge is 0.223 e. The first-order valence-corrected chi connectivity index (χ1v) is 8.83. The van der Waals surface area contributed by atoms with Gasteiger partial charge in [0.25, 0.3) is 0 Å². The van der Waals surface area contributed by atoms with Gasteiger partial charge in [0.2, 0.25) is 5.91 Å². The van der Waals surface area contributed by atoms with Gasteiger partial charge in [-0.3, -0.25) is 4.79 Å². The molecule has 1 aliphatic rings. The number of amides is 1. The van der Waals surface area contributed by atoms with Crippen molar-refractivity contribution in [2.45, 2.75) is 45.1 Å². The van der Waals surface area contributed by atoms with Crippen molar-refractivity contribution in [3.63, 3.8) is 0 Å². The zero-order chi connectivity index (χ0) is 15.4. The molecular formula is C16H22N4OS. The number of hydrogen-bond donors (Lipinski definition) is 0. The molecule has 3 heterocycles. The van der Waals surface area contributed by atoms with Crippen LogP contribution in [0.1, 0.15) is 43.1 Å². The predicted molar refractivity (Wildman–Crippen MR) is 86.9 cm³/mol. The lowest BCUT2D eigenvalue weighted by Crippen LogP contribution is -2.41. The van der Waals surface area contributed by atoms with Crippen LogP contribution in [0.3, 0.4) is 0 Å². The second kappa shape index (κ2) is 7.05. The van der Waals surface area contributed by atoms with E-state index >= 15 is 0 Å². The summed E-state index contributed by atoms with van der Waals surface area (Å²) < 4.78 is 2.25. The molecule has 2 aromatic rings. The molecule has 3 rings (SSSR count). The third kappa shape index (κ3) is 3.38. The number of nitrogens with zero attached hydrogens (tertiary/aromatic N) is 4. The molecule has 0 unspecified atom stereocenters. The van der Waals surface area contributed by atoms with Gasteiger partial charge in [-0.2, -0.15) is 0 Å². The van der Waals surface area contributed by atoms with E-state index < -0.39 is 0 Å². The molecule has 0 spiro atoms. The molecule has 1 fully saturated rings. The average molecular weight is 318 g/mol. The molecule has 1 amide bonds. The van der Waals surface area contributed by atoms with Crippen molar-refractivity contribution in [3.8, 4) is 0 Å². The Labute approximate surface area is 135 Å². The van der Waals surface area contributed by atoms with Gasteiger partial charge in [-0.1, -0.05) is 6.92 Å². The highest BCUT2D eigenvalue weighted by molar-refractivity contribution is 7.09. The number of hydrogen-bond acceptors (Lipinski definition) is 4. The van der Waals surface area contributed by atoms with Gasteiger partial charge in [-0.05, 0) is 12.8 Å². The maximum absolute atomic E-state index is 12.4. The number of carbonyl (C=O) groups is 1. The monoisotopic (exact) mass is 318 g/mol. The number of likely N-dealkylation sites (tertiary alicyclic amines) is 1. The van der Waals surface area contributed by atoms with Crippen molar-refractivity contribution >= 4 is 17.2 Å². The quantitative estimate of drug-likeness (QED) is 0.851. The van der Waals surface area contributed by atoms with E-state index in [1.165, 1.54) is 0 Å². The van der Waals surface area contributed by atoms with Gasteiger partial charge in [0, 0.05) is 56.3 Å². The summed E-state index contributed by atoms with van der Waals surface area (Å²) in [5, 5.41) is 3.01. The summed E-state index contributed by atoms with van der Waals surface area (Å²) >= 11 is 1.62. The molecule has 5 nitrogen and oxygen atoms in total. The Balaban J connectivity index is 1.59. The van der Waals surface area contributed by atoms with Crippen LogP contribution in [0.25, 0.3) is 0 Å². The zero-order valence-electron chi connectivity index (χ0n) is 12.9. The number of thiazole rings is 1. The Kier molecular flexibility index (Phi) is 4.87. The molecule has 118 valence electrons. The van der Waals surface area contributed by atoms with Gasteiger partial charge in [0.1, 0.15) is 5.82 Å². The van der Waals surface area contributed by atoms with Crippen LogP contribution in [-0.2, 0) is 17.6 Å². The van der Waals surface area contributed by atoms with Gasteiger partial charge in [-0.25, -0.2) is 9.97 Å². The van der Waals surface area contributed by atoms with Gasteiger partial charge in [-0.15, -0.1) is 11.3 Å². The minimum absolute atomic E-state index is 0.248. The van der Waals surface area contributed by atoms with Crippen molar-refractivity contribution < 1.29 is 4.79 Å². The van der Waals surface area contributed by atoms with Gasteiger partial charge in [0.05, 0.1) is 11.0 Å². The summed E-state index contributed by atoms with van der Waals surface area (Å²) in [6.45, 7) is 3.81. The number of aromatic nitrogens is 3. The van der Waals surface area contributed by atoms with Crippen LogP contribution >= 0.6 is 11.3 Å². The molecule has 1 aliphatic heterocycles. The zero-order valence-corrected chi connectivity index (χ0v) is 13.8. The Bertz CT molecular complexity index is 607. The summed E-state index contributed by atoms with van der Waals surface area (Å²) in [5.74, 6) is 1.36. The van der Waals surface area contributed by atoms with Crippen LogP contribution in [0.5, 0.6) is 0 Å². The Morgan fingerprint density at radius 1 is 1.41 bits per heavy atom. The molecule has 0 aliphatic carbocycles. The average Bonchev–Trinajstić information content (AvgIpc) is 3.23. The lowest BCUT2D eigenvalue weighted by molar-refractivity contribution is -0.132. The third-order valence-corrected chi connectivity index (χ3v) is 5.08. The van der Waals surface area contributed by atoms with Crippen LogP contribution in [0.4, 0.5) is 0 Å². The fourth-order valence-electron chi connectivity index (χ4n) is 3.11. The van der Waals surface area contributed by atoms with E-state index in [-0.39, 0.29) is 5.91 Å². The summed E-state index contributed by atoms with van der Waals surface area (Å²) in [6.07, 6.45) is 10.1. The number of imidazole rings is 1. The molecule has 1 saturated heterocycles. The molecule has 0 aromatic carbocycles.